The molecular formula is C22H19ClN4OS. The summed E-state index contributed by atoms with van der Waals surface area (Å²) >= 11 is 8.10. The predicted molar refractivity (Wildman–Crippen MR) is 117 cm³/mol. The molecule has 4 aromatic rings. The number of pyridine rings is 1. The quantitative estimate of drug-likeness (QED) is 0.450. The van der Waals surface area contributed by atoms with Gasteiger partial charge in [0.2, 0.25) is 0 Å². The SMILES string of the molecule is CC(=O)Cc1cc(-c2nc(-c3ccc(C)cc3Cl)c(-c3ncc[nH]3)s2)c(C)cn1. The Morgan fingerprint density at radius 2 is 2.00 bits per heavy atom. The summed E-state index contributed by atoms with van der Waals surface area (Å²) in [5, 5.41) is 1.49. The molecule has 0 radical (unpaired) electrons. The van der Waals surface area contributed by atoms with E-state index in [9.17, 15) is 4.79 Å². The Balaban J connectivity index is 1.90. The van der Waals surface area contributed by atoms with E-state index in [1.165, 1.54) is 0 Å². The van der Waals surface area contributed by atoms with E-state index in [4.69, 9.17) is 16.6 Å². The van der Waals surface area contributed by atoms with E-state index in [-0.39, 0.29) is 5.78 Å². The van der Waals surface area contributed by atoms with Crippen LogP contribution in [0.5, 0.6) is 0 Å². The third kappa shape index (κ3) is 3.99. The second-order valence-electron chi connectivity index (χ2n) is 6.99. The van der Waals surface area contributed by atoms with Crippen LogP contribution in [-0.4, -0.2) is 25.7 Å². The lowest BCUT2D eigenvalue weighted by atomic mass is 10.1. The van der Waals surface area contributed by atoms with Gasteiger partial charge in [0, 0.05) is 41.8 Å². The van der Waals surface area contributed by atoms with Gasteiger partial charge < -0.3 is 4.98 Å². The number of ketones is 1. The lowest BCUT2D eigenvalue weighted by molar-refractivity contribution is -0.116. The maximum Gasteiger partial charge on any atom is 0.149 e. The molecule has 4 rings (SSSR count). The van der Waals surface area contributed by atoms with Gasteiger partial charge >= 0.3 is 0 Å². The molecule has 0 saturated carbocycles. The van der Waals surface area contributed by atoms with Crippen molar-refractivity contribution in [2.75, 3.05) is 0 Å². The molecule has 0 amide bonds. The molecule has 29 heavy (non-hydrogen) atoms. The number of imidazole rings is 1. The van der Waals surface area contributed by atoms with Crippen molar-refractivity contribution in [2.45, 2.75) is 27.2 Å². The van der Waals surface area contributed by atoms with E-state index < -0.39 is 0 Å². The number of rotatable bonds is 5. The van der Waals surface area contributed by atoms with Gasteiger partial charge in [-0.25, -0.2) is 9.97 Å². The van der Waals surface area contributed by atoms with Crippen molar-refractivity contribution in [1.29, 1.82) is 0 Å². The summed E-state index contributed by atoms with van der Waals surface area (Å²) in [7, 11) is 0. The van der Waals surface area contributed by atoms with E-state index in [1.807, 2.05) is 38.1 Å². The van der Waals surface area contributed by atoms with Gasteiger partial charge in [0.25, 0.3) is 0 Å². The summed E-state index contributed by atoms with van der Waals surface area (Å²) in [5.41, 5.74) is 5.44. The van der Waals surface area contributed by atoms with Gasteiger partial charge in [-0.2, -0.15) is 0 Å². The first kappa shape index (κ1) is 19.5. The van der Waals surface area contributed by atoms with Crippen molar-refractivity contribution in [2.24, 2.45) is 0 Å². The number of nitrogens with zero attached hydrogens (tertiary/aromatic N) is 3. The number of nitrogens with one attached hydrogen (secondary N) is 1. The van der Waals surface area contributed by atoms with Gasteiger partial charge in [0.1, 0.15) is 16.6 Å². The Labute approximate surface area is 177 Å². The van der Waals surface area contributed by atoms with Crippen LogP contribution in [-0.2, 0) is 11.2 Å². The zero-order valence-corrected chi connectivity index (χ0v) is 17.9. The summed E-state index contributed by atoms with van der Waals surface area (Å²) in [6, 6.07) is 7.89. The number of hydrogen-bond acceptors (Lipinski definition) is 5. The van der Waals surface area contributed by atoms with Crippen LogP contribution < -0.4 is 0 Å². The minimum absolute atomic E-state index is 0.0786. The molecule has 146 valence electrons. The molecule has 0 bridgehead atoms. The zero-order valence-electron chi connectivity index (χ0n) is 16.3. The molecule has 0 aliphatic heterocycles. The Hall–Kier alpha value is -2.83. The predicted octanol–water partition coefficient (Wildman–Crippen LogP) is 5.66. The second-order valence-corrected chi connectivity index (χ2v) is 8.39. The van der Waals surface area contributed by atoms with Crippen LogP contribution in [0.1, 0.15) is 23.7 Å². The maximum atomic E-state index is 11.5. The number of aromatic amines is 1. The average molecular weight is 423 g/mol. The van der Waals surface area contributed by atoms with Crippen molar-refractivity contribution in [3.8, 4) is 32.5 Å². The third-order valence-corrected chi connectivity index (χ3v) is 5.95. The van der Waals surface area contributed by atoms with Crippen molar-refractivity contribution in [1.82, 2.24) is 19.9 Å². The summed E-state index contributed by atoms with van der Waals surface area (Å²) in [4.78, 5) is 29.4. The topological polar surface area (TPSA) is 71.5 Å². The highest BCUT2D eigenvalue weighted by atomic mass is 35.5. The molecule has 0 saturated heterocycles. The van der Waals surface area contributed by atoms with E-state index in [1.54, 1.807) is 36.9 Å². The number of aromatic nitrogens is 4. The first-order valence-electron chi connectivity index (χ1n) is 9.15. The lowest BCUT2D eigenvalue weighted by Gasteiger charge is -2.05. The fourth-order valence-corrected chi connectivity index (χ4v) is 4.57. The van der Waals surface area contributed by atoms with Crippen LogP contribution in [0, 0.1) is 13.8 Å². The van der Waals surface area contributed by atoms with Crippen molar-refractivity contribution >= 4 is 28.7 Å². The lowest BCUT2D eigenvalue weighted by Crippen LogP contribution is -2.00. The van der Waals surface area contributed by atoms with Gasteiger partial charge in [-0.05, 0) is 44.0 Å². The average Bonchev–Trinajstić information content (AvgIpc) is 3.32. The van der Waals surface area contributed by atoms with Crippen LogP contribution in [0.25, 0.3) is 32.5 Å². The molecule has 0 unspecified atom stereocenters. The number of carbonyl (C=O) groups excluding carboxylic acids is 1. The Morgan fingerprint density at radius 3 is 2.69 bits per heavy atom. The van der Waals surface area contributed by atoms with E-state index in [0.29, 0.717) is 11.4 Å². The molecule has 0 fully saturated rings. The van der Waals surface area contributed by atoms with Gasteiger partial charge in [0.05, 0.1) is 15.6 Å². The second kappa shape index (κ2) is 7.89. The standard InChI is InChI=1S/C22H19ClN4OS/c1-12-4-5-16(18(23)8-12)19-20(21-24-6-7-25-21)29-22(27-19)17-10-15(9-14(3)28)26-11-13(17)2/h4-8,10-11H,9H2,1-3H3,(H,24,25). The number of hydrogen-bond donors (Lipinski definition) is 1. The Morgan fingerprint density at radius 1 is 1.17 bits per heavy atom. The van der Waals surface area contributed by atoms with Gasteiger partial charge in [-0.3, -0.25) is 9.78 Å². The molecule has 3 aromatic heterocycles. The number of aryl methyl sites for hydroxylation is 2. The Bertz CT molecular complexity index is 1200. The van der Waals surface area contributed by atoms with E-state index >= 15 is 0 Å². The van der Waals surface area contributed by atoms with Crippen LogP contribution in [0.3, 0.4) is 0 Å². The highest BCUT2D eigenvalue weighted by Gasteiger charge is 2.21. The molecule has 0 spiro atoms. The minimum atomic E-state index is 0.0786. The van der Waals surface area contributed by atoms with Crippen LogP contribution >= 0.6 is 22.9 Å². The van der Waals surface area contributed by atoms with Crippen LogP contribution in [0.4, 0.5) is 0 Å². The van der Waals surface area contributed by atoms with Gasteiger partial charge in [-0.1, -0.05) is 23.7 Å². The van der Waals surface area contributed by atoms with E-state index in [0.717, 1.165) is 49.4 Å². The number of thiazole rings is 1. The summed E-state index contributed by atoms with van der Waals surface area (Å²) in [5.74, 6) is 0.825. The summed E-state index contributed by atoms with van der Waals surface area (Å²) in [6.07, 6.45) is 5.61. The normalized spacial score (nSPS) is 11.0. The summed E-state index contributed by atoms with van der Waals surface area (Å²) < 4.78 is 0. The summed E-state index contributed by atoms with van der Waals surface area (Å²) in [6.45, 7) is 5.57. The smallest absolute Gasteiger partial charge is 0.149 e. The number of Topliss-reactive ketones (excluding diaryl/α,β-unsaturated/α-hetero) is 1. The third-order valence-electron chi connectivity index (χ3n) is 4.54. The first-order chi connectivity index (χ1) is 13.9. The number of H-pyrrole nitrogens is 1. The highest BCUT2D eigenvalue weighted by molar-refractivity contribution is 7.18. The van der Waals surface area contributed by atoms with Crippen molar-refractivity contribution < 1.29 is 4.79 Å². The first-order valence-corrected chi connectivity index (χ1v) is 10.3. The van der Waals surface area contributed by atoms with Crippen molar-refractivity contribution in [3.63, 3.8) is 0 Å². The molecule has 1 N–H and O–H groups in total. The number of halogens is 1. The molecular weight excluding hydrogens is 404 g/mol. The largest absolute Gasteiger partial charge is 0.344 e. The monoisotopic (exact) mass is 422 g/mol. The van der Waals surface area contributed by atoms with Crippen LogP contribution in [0.2, 0.25) is 5.02 Å². The molecule has 5 nitrogen and oxygen atoms in total. The fourth-order valence-electron chi connectivity index (χ4n) is 3.13. The Kier molecular flexibility index (Phi) is 5.30. The van der Waals surface area contributed by atoms with Gasteiger partial charge in [0.15, 0.2) is 0 Å². The minimum Gasteiger partial charge on any atom is -0.344 e. The fraction of sp³-hybridized carbons (Fsp3) is 0.182. The van der Waals surface area contributed by atoms with Gasteiger partial charge in [-0.15, -0.1) is 11.3 Å². The molecule has 7 heteroatoms. The molecule has 0 atom stereocenters. The van der Waals surface area contributed by atoms with Crippen molar-refractivity contribution in [3.05, 3.63) is 64.7 Å². The molecule has 1 aromatic carbocycles. The number of carbonyl (C=O) groups is 1. The maximum absolute atomic E-state index is 11.5. The van der Waals surface area contributed by atoms with Crippen LogP contribution in [0.15, 0.2) is 42.9 Å². The highest BCUT2D eigenvalue weighted by Crippen LogP contribution is 2.42. The zero-order chi connectivity index (χ0) is 20.5. The number of benzene rings is 1. The molecule has 0 aliphatic carbocycles. The molecule has 3 heterocycles. The van der Waals surface area contributed by atoms with E-state index in [2.05, 4.69) is 15.0 Å². The molecule has 0 aliphatic rings.